The van der Waals surface area contributed by atoms with Crippen LogP contribution in [0.1, 0.15) is 41.5 Å². The first-order chi connectivity index (χ1) is 13.7. The van der Waals surface area contributed by atoms with E-state index in [2.05, 4.69) is 15.9 Å². The summed E-state index contributed by atoms with van der Waals surface area (Å²) in [7, 11) is 0. The van der Waals surface area contributed by atoms with E-state index in [1.807, 2.05) is 45.2 Å². The second kappa shape index (κ2) is 8.81. The second-order valence-electron chi connectivity index (χ2n) is 7.34. The molecular weight excluding hydrogens is 454 g/mol. The van der Waals surface area contributed by atoms with E-state index in [4.69, 9.17) is 4.74 Å². The Kier molecular flexibility index (Phi) is 6.61. The number of likely N-dealkylation sites (tertiary alicyclic amines) is 1. The number of carbonyl (C=O) groups excluding carboxylic acids is 2. The summed E-state index contributed by atoms with van der Waals surface area (Å²) in [6.07, 6.45) is 0.0273. The molecule has 1 atom stereocenters. The molecule has 1 N–H and O–H groups in total. The lowest BCUT2D eigenvalue weighted by atomic mass is 9.98. The van der Waals surface area contributed by atoms with Crippen molar-refractivity contribution in [3.05, 3.63) is 61.3 Å². The van der Waals surface area contributed by atoms with Gasteiger partial charge in [0.1, 0.15) is 5.76 Å². The number of amides is 1. The fourth-order valence-electron chi connectivity index (χ4n) is 3.38. The van der Waals surface area contributed by atoms with Crippen molar-refractivity contribution in [3.8, 4) is 0 Å². The van der Waals surface area contributed by atoms with Crippen LogP contribution < -0.4 is 0 Å². The lowest BCUT2D eigenvalue weighted by Gasteiger charge is -2.25. The first kappa shape index (κ1) is 21.7. The average Bonchev–Trinajstić information content (AvgIpc) is 3.19. The molecule has 1 aliphatic rings. The monoisotopic (exact) mass is 477 g/mol. The highest BCUT2D eigenvalue weighted by molar-refractivity contribution is 9.10. The van der Waals surface area contributed by atoms with E-state index in [9.17, 15) is 14.7 Å². The molecule has 29 heavy (non-hydrogen) atoms. The van der Waals surface area contributed by atoms with Crippen molar-refractivity contribution >= 4 is 44.7 Å². The van der Waals surface area contributed by atoms with Gasteiger partial charge in [-0.05, 0) is 62.4 Å². The van der Waals surface area contributed by atoms with E-state index in [1.54, 1.807) is 12.1 Å². The van der Waals surface area contributed by atoms with E-state index >= 15 is 0 Å². The topological polar surface area (TPSA) is 66.8 Å². The Morgan fingerprint density at radius 1 is 1.24 bits per heavy atom. The zero-order valence-corrected chi connectivity index (χ0v) is 19.3. The molecular formula is C22H24BrNO4S. The molecule has 5 nitrogen and oxygen atoms in total. The fraction of sp³-hybridized carbons (Fsp3) is 0.364. The van der Waals surface area contributed by atoms with Gasteiger partial charge in [-0.25, -0.2) is 0 Å². The molecule has 2 aromatic rings. The van der Waals surface area contributed by atoms with Crippen LogP contribution in [-0.4, -0.2) is 41.0 Å². The van der Waals surface area contributed by atoms with Gasteiger partial charge in [0.15, 0.2) is 0 Å². The second-order valence-corrected chi connectivity index (χ2v) is 9.15. The van der Waals surface area contributed by atoms with E-state index in [0.717, 1.165) is 20.5 Å². The molecule has 154 valence electrons. The SMILES string of the molecule is Cc1cc(/C(O)=C2/C(=O)C(=O)N(CCOC(C)C)C2c2sccc2C)ccc1Br. The van der Waals surface area contributed by atoms with Crippen molar-refractivity contribution in [2.45, 2.75) is 39.8 Å². The number of ketones is 1. The van der Waals surface area contributed by atoms with Crippen molar-refractivity contribution in [1.29, 1.82) is 0 Å². The molecule has 7 heteroatoms. The van der Waals surface area contributed by atoms with Gasteiger partial charge in [0.05, 0.1) is 24.3 Å². The molecule has 1 amide bonds. The Labute approximate surface area is 183 Å². The summed E-state index contributed by atoms with van der Waals surface area (Å²) in [5.41, 5.74) is 2.56. The zero-order chi connectivity index (χ0) is 21.3. The maximum absolute atomic E-state index is 12.9. The number of aliphatic hydroxyl groups excluding tert-OH is 1. The van der Waals surface area contributed by atoms with Gasteiger partial charge in [-0.2, -0.15) is 0 Å². The van der Waals surface area contributed by atoms with Gasteiger partial charge in [-0.1, -0.05) is 22.0 Å². The molecule has 1 unspecified atom stereocenters. The Bertz CT molecular complexity index is 979. The summed E-state index contributed by atoms with van der Waals surface area (Å²) < 4.78 is 6.52. The molecule has 0 aliphatic carbocycles. The number of carbonyl (C=O) groups is 2. The van der Waals surface area contributed by atoms with Crippen LogP contribution in [0, 0.1) is 13.8 Å². The first-order valence-electron chi connectivity index (χ1n) is 9.43. The minimum absolute atomic E-state index is 0.0273. The van der Waals surface area contributed by atoms with E-state index < -0.39 is 17.7 Å². The van der Waals surface area contributed by atoms with Crippen LogP contribution >= 0.6 is 27.3 Å². The van der Waals surface area contributed by atoms with Crippen LogP contribution in [0.3, 0.4) is 0 Å². The number of hydrogen-bond acceptors (Lipinski definition) is 5. The summed E-state index contributed by atoms with van der Waals surface area (Å²) in [5.74, 6) is -1.42. The van der Waals surface area contributed by atoms with Gasteiger partial charge in [0.25, 0.3) is 11.7 Å². The molecule has 1 aromatic carbocycles. The summed E-state index contributed by atoms with van der Waals surface area (Å²) in [4.78, 5) is 28.2. The number of aliphatic hydroxyl groups is 1. The minimum atomic E-state index is -0.662. The molecule has 0 bridgehead atoms. The predicted octanol–water partition coefficient (Wildman–Crippen LogP) is 4.97. The fourth-order valence-corrected chi connectivity index (χ4v) is 4.68. The molecule has 2 heterocycles. The number of thiophene rings is 1. The Hall–Kier alpha value is -1.96. The molecule has 3 rings (SSSR count). The van der Waals surface area contributed by atoms with Crippen LogP contribution in [0.2, 0.25) is 0 Å². The third-order valence-electron chi connectivity index (χ3n) is 4.90. The summed E-state index contributed by atoms with van der Waals surface area (Å²) in [6, 6.07) is 6.69. The average molecular weight is 478 g/mol. The maximum atomic E-state index is 12.9. The maximum Gasteiger partial charge on any atom is 0.295 e. The number of Topliss-reactive ketones (excluding diaryl/α,β-unsaturated/α-hetero) is 1. The largest absolute Gasteiger partial charge is 0.507 e. The predicted molar refractivity (Wildman–Crippen MR) is 118 cm³/mol. The van der Waals surface area contributed by atoms with Gasteiger partial charge in [0.2, 0.25) is 0 Å². The molecule has 0 radical (unpaired) electrons. The van der Waals surface area contributed by atoms with E-state index in [1.165, 1.54) is 16.2 Å². The Morgan fingerprint density at radius 2 is 1.97 bits per heavy atom. The van der Waals surface area contributed by atoms with Crippen molar-refractivity contribution in [2.24, 2.45) is 0 Å². The number of aryl methyl sites for hydroxylation is 2. The van der Waals surface area contributed by atoms with Gasteiger partial charge >= 0.3 is 0 Å². The van der Waals surface area contributed by atoms with Crippen LogP contribution in [0.25, 0.3) is 5.76 Å². The van der Waals surface area contributed by atoms with Crippen molar-refractivity contribution in [2.75, 3.05) is 13.2 Å². The number of hydrogen-bond donors (Lipinski definition) is 1. The highest BCUT2D eigenvalue weighted by Crippen LogP contribution is 2.42. The number of nitrogens with zero attached hydrogens (tertiary/aromatic N) is 1. The van der Waals surface area contributed by atoms with E-state index in [0.29, 0.717) is 12.2 Å². The zero-order valence-electron chi connectivity index (χ0n) is 16.9. The number of halogens is 1. The van der Waals surface area contributed by atoms with Gasteiger partial charge in [-0.15, -0.1) is 11.3 Å². The molecule has 1 saturated heterocycles. The Balaban J connectivity index is 2.10. The van der Waals surface area contributed by atoms with Crippen LogP contribution in [0.15, 0.2) is 39.7 Å². The smallest absolute Gasteiger partial charge is 0.295 e. The van der Waals surface area contributed by atoms with Crippen molar-refractivity contribution < 1.29 is 19.4 Å². The third kappa shape index (κ3) is 4.32. The molecule has 1 aliphatic heterocycles. The molecule has 1 fully saturated rings. The first-order valence-corrected chi connectivity index (χ1v) is 11.1. The lowest BCUT2D eigenvalue weighted by molar-refractivity contribution is -0.140. The summed E-state index contributed by atoms with van der Waals surface area (Å²) in [5, 5.41) is 13.0. The molecule has 0 saturated carbocycles. The quantitative estimate of drug-likeness (QED) is 0.362. The van der Waals surface area contributed by atoms with Crippen LogP contribution in [0.4, 0.5) is 0 Å². The highest BCUT2D eigenvalue weighted by atomic mass is 79.9. The lowest BCUT2D eigenvalue weighted by Crippen LogP contribution is -2.33. The number of ether oxygens (including phenoxy) is 1. The minimum Gasteiger partial charge on any atom is -0.507 e. The Morgan fingerprint density at radius 3 is 2.55 bits per heavy atom. The van der Waals surface area contributed by atoms with Crippen molar-refractivity contribution in [1.82, 2.24) is 4.90 Å². The normalized spacial score (nSPS) is 18.8. The molecule has 1 aromatic heterocycles. The van der Waals surface area contributed by atoms with Gasteiger partial charge in [0, 0.05) is 21.5 Å². The van der Waals surface area contributed by atoms with Crippen LogP contribution in [0.5, 0.6) is 0 Å². The number of rotatable bonds is 6. The van der Waals surface area contributed by atoms with Gasteiger partial charge in [-0.3, -0.25) is 9.59 Å². The van der Waals surface area contributed by atoms with Crippen molar-refractivity contribution in [3.63, 3.8) is 0 Å². The van der Waals surface area contributed by atoms with Gasteiger partial charge < -0.3 is 14.7 Å². The standard InChI is InChI=1S/C22H24BrNO4S/c1-12(2)28-9-8-24-18(21-13(3)7-10-29-21)17(20(26)22(24)27)19(25)15-5-6-16(23)14(4)11-15/h5-7,10-12,18,25H,8-9H2,1-4H3/b19-17-. The summed E-state index contributed by atoms with van der Waals surface area (Å²) >= 11 is 4.92. The highest BCUT2D eigenvalue weighted by Gasteiger charge is 2.46. The third-order valence-corrected chi connectivity index (χ3v) is 6.87. The number of benzene rings is 1. The van der Waals surface area contributed by atoms with E-state index in [-0.39, 0.29) is 24.0 Å². The molecule has 0 spiro atoms. The van der Waals surface area contributed by atoms with Crippen LogP contribution in [-0.2, 0) is 14.3 Å². The summed E-state index contributed by atoms with van der Waals surface area (Å²) in [6.45, 7) is 8.30.